The summed E-state index contributed by atoms with van der Waals surface area (Å²) < 4.78 is 13.4. The van der Waals surface area contributed by atoms with Crippen LogP contribution in [0.15, 0.2) is 324 Å². The lowest BCUT2D eigenvalue weighted by molar-refractivity contribution is 0.672. The van der Waals surface area contributed by atoms with Crippen molar-refractivity contribution >= 4 is 119 Å². The second kappa shape index (κ2) is 19.8. The second-order valence-electron chi connectivity index (χ2n) is 24.1. The average molecular weight is 1140 g/mol. The first-order valence-corrected chi connectivity index (χ1v) is 31.0. The Balaban J connectivity index is 0.675. The summed E-state index contributed by atoms with van der Waals surface area (Å²) >= 11 is 0. The first-order chi connectivity index (χ1) is 44.6. The van der Waals surface area contributed by atoms with Crippen LogP contribution in [0, 0.1) is 0 Å². The highest BCUT2D eigenvalue weighted by Gasteiger charge is 2.22. The molecule has 0 spiro atoms. The molecule has 0 aliphatic heterocycles. The molecule has 0 unspecified atom stereocenters. The summed E-state index contributed by atoms with van der Waals surface area (Å²) in [7, 11) is 0. The molecule has 19 rings (SSSR count). The number of benzene rings is 17. The average Bonchev–Trinajstić information content (AvgIpc) is 1.10. The lowest BCUT2D eigenvalue weighted by Gasteiger charge is -2.19. The third kappa shape index (κ3) is 7.71. The molecule has 2 aromatic heterocycles. The molecule has 0 N–H and O–H groups in total. The van der Waals surface area contributed by atoms with Gasteiger partial charge >= 0.3 is 0 Å². The standard InChI is InChI=1S/C88H52O2/c1-2-17-57(18-3-1)83-68-20-6-8-22-70(68)84(71-23-9-7-21-69(71)83)58-37-32-54(33-38-58)61-45-49-82-80(51-61)77-47-43-56-36-41-62(52-78(56)88(77)90-82)63-28-14-30-66-65(63)29-15-31-67(66)86-74-26-12-10-24-72(74)85(73-25-11-13-27-75(73)86)59-39-34-53(35-40-59)60-44-48-81-79(50-60)76-46-42-55-16-4-5-19-64(55)87(76)89-81/h1-52H. The van der Waals surface area contributed by atoms with E-state index in [1.807, 2.05) is 0 Å². The van der Waals surface area contributed by atoms with Gasteiger partial charge in [0.2, 0.25) is 0 Å². The van der Waals surface area contributed by atoms with E-state index in [1.165, 1.54) is 115 Å². The van der Waals surface area contributed by atoms with Gasteiger partial charge in [0.1, 0.15) is 22.3 Å². The molecule has 90 heavy (non-hydrogen) atoms. The van der Waals surface area contributed by atoms with Crippen molar-refractivity contribution in [1.29, 1.82) is 0 Å². The molecule has 416 valence electrons. The van der Waals surface area contributed by atoms with Crippen LogP contribution in [0.4, 0.5) is 0 Å². The van der Waals surface area contributed by atoms with Crippen molar-refractivity contribution in [3.05, 3.63) is 315 Å². The molecule has 17 aromatic carbocycles. The Bertz CT molecular complexity index is 6070. The van der Waals surface area contributed by atoms with Crippen LogP contribution in [-0.4, -0.2) is 0 Å². The Labute approximate surface area is 518 Å². The van der Waals surface area contributed by atoms with Gasteiger partial charge in [0.25, 0.3) is 0 Å². The summed E-state index contributed by atoms with van der Waals surface area (Å²) in [5, 5.41) is 21.4. The van der Waals surface area contributed by atoms with Crippen LogP contribution in [0.5, 0.6) is 0 Å². The van der Waals surface area contributed by atoms with Crippen LogP contribution in [0.1, 0.15) is 0 Å². The van der Waals surface area contributed by atoms with Gasteiger partial charge in [0.05, 0.1) is 0 Å². The molecule has 2 heterocycles. The summed E-state index contributed by atoms with van der Waals surface area (Å²) in [4.78, 5) is 0. The van der Waals surface area contributed by atoms with Crippen molar-refractivity contribution in [2.24, 2.45) is 0 Å². The number of hydrogen-bond acceptors (Lipinski definition) is 2. The summed E-state index contributed by atoms with van der Waals surface area (Å²) in [5.74, 6) is 0. The minimum atomic E-state index is 0.878. The van der Waals surface area contributed by atoms with E-state index in [1.54, 1.807) is 0 Å². The molecule has 0 bridgehead atoms. The number of rotatable bonds is 7. The van der Waals surface area contributed by atoms with E-state index in [4.69, 9.17) is 8.83 Å². The second-order valence-corrected chi connectivity index (χ2v) is 24.1. The molecule has 0 amide bonds. The minimum absolute atomic E-state index is 0.878. The molecule has 0 aliphatic rings. The number of hydrogen-bond donors (Lipinski definition) is 0. The fourth-order valence-electron chi connectivity index (χ4n) is 15.1. The zero-order valence-electron chi connectivity index (χ0n) is 48.8. The van der Waals surface area contributed by atoms with Gasteiger partial charge in [-0.25, -0.2) is 0 Å². The number of furan rings is 2. The highest BCUT2D eigenvalue weighted by molar-refractivity contribution is 6.26. The van der Waals surface area contributed by atoms with Gasteiger partial charge in [-0.2, -0.15) is 0 Å². The van der Waals surface area contributed by atoms with Crippen molar-refractivity contribution in [2.75, 3.05) is 0 Å². The van der Waals surface area contributed by atoms with Crippen molar-refractivity contribution < 1.29 is 8.83 Å². The maximum atomic E-state index is 6.89. The van der Waals surface area contributed by atoms with Crippen molar-refractivity contribution in [2.45, 2.75) is 0 Å². The van der Waals surface area contributed by atoms with Crippen molar-refractivity contribution in [3.8, 4) is 77.9 Å². The van der Waals surface area contributed by atoms with Crippen LogP contribution in [0.2, 0.25) is 0 Å². The fraction of sp³-hybridized carbons (Fsp3) is 0. The lowest BCUT2D eigenvalue weighted by atomic mass is 9.84. The molecule has 2 nitrogen and oxygen atoms in total. The van der Waals surface area contributed by atoms with Gasteiger partial charge < -0.3 is 8.83 Å². The topological polar surface area (TPSA) is 26.3 Å². The van der Waals surface area contributed by atoms with Gasteiger partial charge in [-0.1, -0.05) is 273 Å². The normalized spacial score (nSPS) is 12.0. The quantitative estimate of drug-likeness (QED) is 0.149. The van der Waals surface area contributed by atoms with Gasteiger partial charge in [0, 0.05) is 32.3 Å². The first kappa shape index (κ1) is 50.3. The van der Waals surface area contributed by atoms with Crippen LogP contribution in [0.3, 0.4) is 0 Å². The SMILES string of the molecule is c1ccc(-c2c3ccccc3c(-c3ccc(-c4ccc5oc6c7cc(-c8cccc9c(-c%10c%11ccccc%11c(-c%11ccc(-c%12ccc%13oc%14c%15ccccc%15ccc%14c%13c%12)cc%11)c%11ccccc%10%11)cccc89)ccc7ccc6c5c4)cc3)c3ccccc23)cc1. The molecule has 2 heteroatoms. The summed E-state index contributed by atoms with van der Waals surface area (Å²) in [6.45, 7) is 0. The molecule has 19 aromatic rings. The summed E-state index contributed by atoms with van der Waals surface area (Å²) in [6, 6.07) is 116. The van der Waals surface area contributed by atoms with Crippen LogP contribution in [-0.2, 0) is 0 Å². The molecular weight excluding hydrogens is 1090 g/mol. The minimum Gasteiger partial charge on any atom is -0.455 e. The molecule has 0 fully saturated rings. The monoisotopic (exact) mass is 1140 g/mol. The first-order valence-electron chi connectivity index (χ1n) is 31.0. The van der Waals surface area contributed by atoms with Gasteiger partial charge in [0.15, 0.2) is 0 Å². The maximum Gasteiger partial charge on any atom is 0.143 e. The largest absolute Gasteiger partial charge is 0.455 e. The Morgan fingerprint density at radius 1 is 0.156 bits per heavy atom. The molecule has 0 saturated carbocycles. The molecule has 0 radical (unpaired) electrons. The zero-order chi connectivity index (χ0) is 59.0. The third-order valence-corrected chi connectivity index (χ3v) is 19.3. The molecule has 0 atom stereocenters. The van der Waals surface area contributed by atoms with E-state index >= 15 is 0 Å². The van der Waals surface area contributed by atoms with Crippen LogP contribution < -0.4 is 0 Å². The lowest BCUT2D eigenvalue weighted by Crippen LogP contribution is -1.92. The van der Waals surface area contributed by atoms with Gasteiger partial charge in [-0.05, 0) is 185 Å². The summed E-state index contributed by atoms with van der Waals surface area (Å²) in [5.41, 5.74) is 20.4. The Morgan fingerprint density at radius 2 is 0.489 bits per heavy atom. The smallest absolute Gasteiger partial charge is 0.143 e. The maximum absolute atomic E-state index is 6.89. The molecule has 0 saturated heterocycles. The zero-order valence-corrected chi connectivity index (χ0v) is 48.8. The third-order valence-electron chi connectivity index (χ3n) is 19.3. The summed E-state index contributed by atoms with van der Waals surface area (Å²) in [6.07, 6.45) is 0. The van der Waals surface area contributed by atoms with E-state index in [2.05, 4.69) is 315 Å². The highest BCUT2D eigenvalue weighted by atomic mass is 16.3. The van der Waals surface area contributed by atoms with E-state index in [-0.39, 0.29) is 0 Å². The van der Waals surface area contributed by atoms with Crippen LogP contribution >= 0.6 is 0 Å². The Kier molecular flexibility index (Phi) is 11.1. The van der Waals surface area contributed by atoms with E-state index in [9.17, 15) is 0 Å². The van der Waals surface area contributed by atoms with Gasteiger partial charge in [-0.15, -0.1) is 0 Å². The van der Waals surface area contributed by atoms with E-state index in [0.29, 0.717) is 0 Å². The fourth-order valence-corrected chi connectivity index (χ4v) is 15.1. The van der Waals surface area contributed by atoms with Gasteiger partial charge in [-0.3, -0.25) is 0 Å². The predicted octanol–water partition coefficient (Wildman–Crippen LogP) is 25.2. The van der Waals surface area contributed by atoms with Crippen LogP contribution in [0.25, 0.3) is 197 Å². The van der Waals surface area contributed by atoms with E-state index in [0.717, 1.165) is 82.3 Å². The van der Waals surface area contributed by atoms with Crippen molar-refractivity contribution in [3.63, 3.8) is 0 Å². The molecule has 0 aliphatic carbocycles. The van der Waals surface area contributed by atoms with E-state index < -0.39 is 0 Å². The molecular formula is C88H52O2. The number of fused-ring (bicyclic) bond motifs is 15. The Hall–Kier alpha value is -11.8. The highest BCUT2D eigenvalue weighted by Crippen LogP contribution is 2.49. The predicted molar refractivity (Wildman–Crippen MR) is 382 cm³/mol. The van der Waals surface area contributed by atoms with Crippen molar-refractivity contribution in [1.82, 2.24) is 0 Å². The Morgan fingerprint density at radius 3 is 0.989 bits per heavy atom.